The lowest BCUT2D eigenvalue weighted by atomic mass is 9.97. The summed E-state index contributed by atoms with van der Waals surface area (Å²) in [6.45, 7) is 4.72. The molecular weight excluding hydrogens is 224 g/mol. The Hall–Kier alpha value is -1.90. The number of Topliss-reactive ketones (excluding diaryl/α,β-unsaturated/α-hetero) is 1. The summed E-state index contributed by atoms with van der Waals surface area (Å²) in [4.78, 5) is 15.9. The van der Waals surface area contributed by atoms with Crippen LogP contribution < -0.4 is 0 Å². The Morgan fingerprint density at radius 2 is 2.06 bits per heavy atom. The standard InChI is InChI=1S/C15H18N2O/c1-3-12(2)13-4-6-14(7-5-13)15(18)10-17-9-8-16-11-17/h4-9,11-12H,3,10H2,1-2H3/t12-/m1/s1. The predicted molar refractivity (Wildman–Crippen MR) is 71.7 cm³/mol. The van der Waals surface area contributed by atoms with Crippen molar-refractivity contribution in [3.8, 4) is 0 Å². The van der Waals surface area contributed by atoms with E-state index in [2.05, 4.69) is 31.0 Å². The lowest BCUT2D eigenvalue weighted by Gasteiger charge is -2.09. The fraction of sp³-hybridized carbons (Fsp3) is 0.333. The summed E-state index contributed by atoms with van der Waals surface area (Å²) in [7, 11) is 0. The van der Waals surface area contributed by atoms with Crippen molar-refractivity contribution in [2.45, 2.75) is 32.7 Å². The second-order valence-corrected chi connectivity index (χ2v) is 4.59. The van der Waals surface area contributed by atoms with Gasteiger partial charge in [0.2, 0.25) is 0 Å². The molecule has 1 aromatic carbocycles. The van der Waals surface area contributed by atoms with Crippen LogP contribution in [-0.2, 0) is 6.54 Å². The second-order valence-electron chi connectivity index (χ2n) is 4.59. The van der Waals surface area contributed by atoms with Crippen molar-refractivity contribution in [2.75, 3.05) is 0 Å². The van der Waals surface area contributed by atoms with Crippen LogP contribution in [0.1, 0.15) is 42.1 Å². The van der Waals surface area contributed by atoms with Gasteiger partial charge in [-0.1, -0.05) is 38.1 Å². The first-order chi connectivity index (χ1) is 8.70. The molecule has 0 aliphatic carbocycles. The van der Waals surface area contributed by atoms with Gasteiger partial charge in [-0.2, -0.15) is 0 Å². The normalized spacial score (nSPS) is 12.3. The zero-order valence-electron chi connectivity index (χ0n) is 10.8. The number of carbonyl (C=O) groups is 1. The molecule has 1 atom stereocenters. The number of rotatable bonds is 5. The van der Waals surface area contributed by atoms with Crippen LogP contribution in [0.15, 0.2) is 43.0 Å². The molecule has 94 valence electrons. The Balaban J connectivity index is 2.07. The summed E-state index contributed by atoms with van der Waals surface area (Å²) in [6, 6.07) is 7.94. The Morgan fingerprint density at radius 3 is 2.61 bits per heavy atom. The van der Waals surface area contributed by atoms with E-state index in [4.69, 9.17) is 0 Å². The molecule has 2 aromatic rings. The monoisotopic (exact) mass is 242 g/mol. The molecule has 3 heteroatoms. The molecule has 0 saturated heterocycles. The van der Waals surface area contributed by atoms with Crippen LogP contribution in [0.25, 0.3) is 0 Å². The third-order valence-corrected chi connectivity index (χ3v) is 3.30. The van der Waals surface area contributed by atoms with Gasteiger partial charge in [0.05, 0.1) is 12.9 Å². The Morgan fingerprint density at radius 1 is 1.33 bits per heavy atom. The molecule has 0 bridgehead atoms. The SMILES string of the molecule is CC[C@@H](C)c1ccc(C(=O)Cn2ccnc2)cc1. The Labute approximate surface area is 107 Å². The summed E-state index contributed by atoms with van der Waals surface area (Å²) >= 11 is 0. The van der Waals surface area contributed by atoms with E-state index in [9.17, 15) is 4.79 Å². The fourth-order valence-corrected chi connectivity index (χ4v) is 1.87. The molecular formula is C15H18N2O. The summed E-state index contributed by atoms with van der Waals surface area (Å²) < 4.78 is 1.78. The van der Waals surface area contributed by atoms with E-state index in [-0.39, 0.29) is 5.78 Å². The van der Waals surface area contributed by atoms with Crippen LogP contribution >= 0.6 is 0 Å². The Kier molecular flexibility index (Phi) is 3.92. The molecule has 0 radical (unpaired) electrons. The van der Waals surface area contributed by atoms with Gasteiger partial charge in [-0.25, -0.2) is 4.98 Å². The molecule has 0 aliphatic heterocycles. The molecule has 2 rings (SSSR count). The van der Waals surface area contributed by atoms with Crippen molar-refractivity contribution >= 4 is 5.78 Å². The topological polar surface area (TPSA) is 34.9 Å². The van der Waals surface area contributed by atoms with Crippen LogP contribution in [0.4, 0.5) is 0 Å². The zero-order valence-corrected chi connectivity index (χ0v) is 10.8. The quantitative estimate of drug-likeness (QED) is 0.754. The highest BCUT2D eigenvalue weighted by molar-refractivity contribution is 5.95. The number of carbonyl (C=O) groups excluding carboxylic acids is 1. The van der Waals surface area contributed by atoms with Crippen molar-refractivity contribution in [1.82, 2.24) is 9.55 Å². The lowest BCUT2D eigenvalue weighted by molar-refractivity contribution is 0.0972. The minimum Gasteiger partial charge on any atom is -0.330 e. The van der Waals surface area contributed by atoms with Gasteiger partial charge >= 0.3 is 0 Å². The smallest absolute Gasteiger partial charge is 0.182 e. The highest BCUT2D eigenvalue weighted by atomic mass is 16.1. The molecule has 1 aromatic heterocycles. The number of nitrogens with zero attached hydrogens (tertiary/aromatic N) is 2. The first-order valence-electron chi connectivity index (χ1n) is 6.29. The minimum atomic E-state index is 0.115. The van der Waals surface area contributed by atoms with Crippen LogP contribution in [0.3, 0.4) is 0 Å². The highest BCUT2D eigenvalue weighted by Gasteiger charge is 2.08. The van der Waals surface area contributed by atoms with E-state index in [1.807, 2.05) is 12.1 Å². The third kappa shape index (κ3) is 2.86. The summed E-state index contributed by atoms with van der Waals surface area (Å²) in [6.07, 6.45) is 6.25. The van der Waals surface area contributed by atoms with Crippen LogP contribution in [0.2, 0.25) is 0 Å². The van der Waals surface area contributed by atoms with Crippen molar-refractivity contribution in [3.05, 3.63) is 54.1 Å². The van der Waals surface area contributed by atoms with Gasteiger partial charge in [-0.3, -0.25) is 4.79 Å². The van der Waals surface area contributed by atoms with Gasteiger partial charge in [0.1, 0.15) is 0 Å². The third-order valence-electron chi connectivity index (χ3n) is 3.30. The number of hydrogen-bond donors (Lipinski definition) is 0. The molecule has 18 heavy (non-hydrogen) atoms. The molecule has 1 heterocycles. The maximum atomic E-state index is 12.0. The molecule has 0 N–H and O–H groups in total. The van der Waals surface area contributed by atoms with Crippen LogP contribution in [-0.4, -0.2) is 15.3 Å². The molecule has 0 saturated carbocycles. The first kappa shape index (κ1) is 12.6. The van der Waals surface area contributed by atoms with Gasteiger partial charge in [0, 0.05) is 18.0 Å². The van der Waals surface area contributed by atoms with Gasteiger partial charge in [0.25, 0.3) is 0 Å². The van der Waals surface area contributed by atoms with E-state index < -0.39 is 0 Å². The largest absolute Gasteiger partial charge is 0.330 e. The predicted octanol–water partition coefficient (Wildman–Crippen LogP) is 3.28. The molecule has 0 unspecified atom stereocenters. The molecule has 3 nitrogen and oxygen atoms in total. The Bertz CT molecular complexity index is 500. The first-order valence-corrected chi connectivity index (χ1v) is 6.29. The maximum absolute atomic E-state index is 12.0. The second kappa shape index (κ2) is 5.63. The number of benzene rings is 1. The van der Waals surface area contributed by atoms with Gasteiger partial charge < -0.3 is 4.57 Å². The number of ketones is 1. The average molecular weight is 242 g/mol. The average Bonchev–Trinajstić information content (AvgIpc) is 2.91. The summed E-state index contributed by atoms with van der Waals surface area (Å²) in [5.41, 5.74) is 2.05. The molecule has 0 fully saturated rings. The van der Waals surface area contributed by atoms with E-state index in [0.29, 0.717) is 12.5 Å². The zero-order chi connectivity index (χ0) is 13.0. The van der Waals surface area contributed by atoms with Crippen LogP contribution in [0.5, 0.6) is 0 Å². The van der Waals surface area contributed by atoms with Crippen molar-refractivity contribution in [3.63, 3.8) is 0 Å². The minimum absolute atomic E-state index is 0.115. The van der Waals surface area contributed by atoms with Gasteiger partial charge in [-0.05, 0) is 17.9 Å². The maximum Gasteiger partial charge on any atom is 0.182 e. The number of aromatic nitrogens is 2. The van der Waals surface area contributed by atoms with E-state index in [1.54, 1.807) is 23.3 Å². The van der Waals surface area contributed by atoms with Gasteiger partial charge in [0.15, 0.2) is 5.78 Å². The van der Waals surface area contributed by atoms with Crippen molar-refractivity contribution in [1.29, 1.82) is 0 Å². The summed E-state index contributed by atoms with van der Waals surface area (Å²) in [5, 5.41) is 0. The van der Waals surface area contributed by atoms with E-state index in [0.717, 1.165) is 12.0 Å². The van der Waals surface area contributed by atoms with E-state index in [1.165, 1.54) is 5.56 Å². The van der Waals surface area contributed by atoms with E-state index >= 15 is 0 Å². The number of imidazole rings is 1. The fourth-order valence-electron chi connectivity index (χ4n) is 1.87. The molecule has 0 aliphatic rings. The van der Waals surface area contributed by atoms with Crippen molar-refractivity contribution < 1.29 is 4.79 Å². The number of hydrogen-bond acceptors (Lipinski definition) is 2. The lowest BCUT2D eigenvalue weighted by Crippen LogP contribution is -2.09. The summed E-state index contributed by atoms with van der Waals surface area (Å²) in [5.74, 6) is 0.659. The van der Waals surface area contributed by atoms with Crippen LogP contribution in [0, 0.1) is 0 Å². The van der Waals surface area contributed by atoms with Gasteiger partial charge in [-0.15, -0.1) is 0 Å². The van der Waals surface area contributed by atoms with Crippen molar-refractivity contribution in [2.24, 2.45) is 0 Å². The molecule has 0 amide bonds. The highest BCUT2D eigenvalue weighted by Crippen LogP contribution is 2.19. The molecule has 0 spiro atoms.